The van der Waals surface area contributed by atoms with Crippen LogP contribution in [0.2, 0.25) is 0 Å². The van der Waals surface area contributed by atoms with Crippen molar-refractivity contribution in [3.63, 3.8) is 0 Å². The average Bonchev–Trinajstić information content (AvgIpc) is 3.11. The highest BCUT2D eigenvalue weighted by Crippen LogP contribution is 2.35. The van der Waals surface area contributed by atoms with Gasteiger partial charge >= 0.3 is 5.76 Å². The monoisotopic (exact) mass is 367 g/mol. The van der Waals surface area contributed by atoms with Gasteiger partial charge in [-0.05, 0) is 42.3 Å². The molecule has 0 bridgehead atoms. The van der Waals surface area contributed by atoms with E-state index in [2.05, 4.69) is 4.90 Å². The molecule has 0 aromatic heterocycles. The average molecular weight is 367 g/mol. The smallest absolute Gasteiger partial charge is 0.341 e. The van der Waals surface area contributed by atoms with E-state index in [1.54, 1.807) is 19.2 Å². The fourth-order valence-electron chi connectivity index (χ4n) is 3.20. The molecule has 134 valence electrons. The Morgan fingerprint density at radius 3 is 2.44 bits per heavy atom. The van der Waals surface area contributed by atoms with Crippen molar-refractivity contribution >= 4 is 15.5 Å². The molecule has 2 aromatic rings. The normalized spacial score (nSPS) is 17.9. The molecule has 4 nitrogen and oxygen atoms in total. The third-order valence-electron chi connectivity index (χ3n) is 4.53. The number of benzene rings is 2. The summed E-state index contributed by atoms with van der Waals surface area (Å²) in [6, 6.07) is 13.5. The van der Waals surface area contributed by atoms with Gasteiger partial charge in [0.25, 0.3) is 0 Å². The molecule has 1 aliphatic heterocycles. The Hall–Kier alpha value is -2.15. The number of nitrogens with zero attached hydrogens (tertiary/aromatic N) is 1. The summed E-state index contributed by atoms with van der Waals surface area (Å²) in [6.07, 6.45) is 0.942. The fourth-order valence-corrected chi connectivity index (χ4v) is 3.92. The summed E-state index contributed by atoms with van der Waals surface area (Å²) >= 11 is 0. The molecule has 0 N–H and O–H groups in total. The number of rotatable bonds is 5. The van der Waals surface area contributed by atoms with Crippen LogP contribution in [-0.2, 0) is 9.84 Å². The van der Waals surface area contributed by atoms with E-state index in [1.807, 2.05) is 24.3 Å². The molecule has 1 saturated heterocycles. The van der Waals surface area contributed by atoms with Crippen LogP contribution in [0.4, 0.5) is 14.5 Å². The molecular formula is C18H19F2NO3S. The number of hydrogen-bond donors (Lipinski definition) is 0. The Kier molecular flexibility index (Phi) is 4.94. The number of para-hydroxylation sites is 1. The third-order valence-corrected chi connectivity index (χ3v) is 5.93. The van der Waals surface area contributed by atoms with Crippen molar-refractivity contribution in [3.05, 3.63) is 54.1 Å². The molecule has 0 aliphatic carbocycles. The van der Waals surface area contributed by atoms with Crippen molar-refractivity contribution < 1.29 is 21.9 Å². The quantitative estimate of drug-likeness (QED) is 0.809. The Balaban J connectivity index is 1.76. The highest BCUT2D eigenvalue weighted by Gasteiger charge is 2.28. The standard InChI is InChI=1S/C18H19F2NO3S/c1-24-17-5-3-2-4-16(17)13-10-11-21(12-13)14-6-8-15(9-7-14)25(22,23)18(19)20/h2-9,13,18H,10-12H2,1H3. The maximum Gasteiger partial charge on any atom is 0.341 e. The van der Waals surface area contributed by atoms with Crippen molar-refractivity contribution in [1.29, 1.82) is 0 Å². The van der Waals surface area contributed by atoms with Crippen LogP contribution in [0.5, 0.6) is 5.75 Å². The summed E-state index contributed by atoms with van der Waals surface area (Å²) in [5.41, 5.74) is 1.97. The predicted molar refractivity (Wildman–Crippen MR) is 92.2 cm³/mol. The Labute approximate surface area is 146 Å². The van der Waals surface area contributed by atoms with Gasteiger partial charge in [0.05, 0.1) is 12.0 Å². The second-order valence-corrected chi connectivity index (χ2v) is 7.89. The van der Waals surface area contributed by atoms with E-state index in [0.717, 1.165) is 36.5 Å². The second kappa shape index (κ2) is 7.00. The molecule has 3 rings (SSSR count). The highest BCUT2D eigenvalue weighted by atomic mass is 32.2. The molecule has 1 fully saturated rings. The lowest BCUT2D eigenvalue weighted by molar-refractivity contribution is 0.234. The molecule has 1 heterocycles. The number of anilines is 1. The molecule has 0 spiro atoms. The van der Waals surface area contributed by atoms with Crippen LogP contribution in [0.15, 0.2) is 53.4 Å². The van der Waals surface area contributed by atoms with Crippen LogP contribution < -0.4 is 9.64 Å². The Bertz CT molecular complexity index is 838. The van der Waals surface area contributed by atoms with Crippen LogP contribution in [-0.4, -0.2) is 34.4 Å². The lowest BCUT2D eigenvalue weighted by Crippen LogP contribution is -2.19. The number of halogens is 2. The van der Waals surface area contributed by atoms with Gasteiger partial charge in [0.2, 0.25) is 9.84 Å². The molecule has 0 amide bonds. The maximum absolute atomic E-state index is 12.6. The number of alkyl halides is 2. The summed E-state index contributed by atoms with van der Waals surface area (Å²) in [6.45, 7) is 1.57. The zero-order valence-corrected chi connectivity index (χ0v) is 14.5. The maximum atomic E-state index is 12.6. The van der Waals surface area contributed by atoms with E-state index in [1.165, 1.54) is 12.1 Å². The minimum absolute atomic E-state index is 0.306. The summed E-state index contributed by atoms with van der Waals surface area (Å²) in [5.74, 6) is -2.24. The molecule has 7 heteroatoms. The van der Waals surface area contributed by atoms with Crippen molar-refractivity contribution in [1.82, 2.24) is 0 Å². The van der Waals surface area contributed by atoms with Gasteiger partial charge in [-0.15, -0.1) is 0 Å². The first-order valence-corrected chi connectivity index (χ1v) is 9.48. The summed E-state index contributed by atoms with van der Waals surface area (Å²) in [5, 5.41) is 0. The summed E-state index contributed by atoms with van der Waals surface area (Å²) < 4.78 is 53.6. The number of hydrogen-bond acceptors (Lipinski definition) is 4. The lowest BCUT2D eigenvalue weighted by atomic mass is 9.97. The van der Waals surface area contributed by atoms with Gasteiger partial charge in [0.1, 0.15) is 5.75 Å². The van der Waals surface area contributed by atoms with Gasteiger partial charge in [0.15, 0.2) is 0 Å². The van der Waals surface area contributed by atoms with Gasteiger partial charge in [0, 0.05) is 24.7 Å². The van der Waals surface area contributed by atoms with E-state index in [0.29, 0.717) is 5.92 Å². The second-order valence-electron chi connectivity index (χ2n) is 5.97. The zero-order chi connectivity index (χ0) is 18.0. The predicted octanol–water partition coefficient (Wildman–Crippen LogP) is 3.69. The number of ether oxygens (including phenoxy) is 1. The molecule has 25 heavy (non-hydrogen) atoms. The van der Waals surface area contributed by atoms with E-state index < -0.39 is 15.6 Å². The first-order valence-electron chi connectivity index (χ1n) is 7.93. The van der Waals surface area contributed by atoms with Crippen LogP contribution in [0.25, 0.3) is 0 Å². The molecule has 0 radical (unpaired) electrons. The fraction of sp³-hybridized carbons (Fsp3) is 0.333. The zero-order valence-electron chi connectivity index (χ0n) is 13.7. The first-order chi connectivity index (χ1) is 11.9. The molecule has 0 saturated carbocycles. The van der Waals surface area contributed by atoms with E-state index in [-0.39, 0.29) is 4.90 Å². The van der Waals surface area contributed by atoms with E-state index in [4.69, 9.17) is 4.74 Å². The van der Waals surface area contributed by atoms with E-state index >= 15 is 0 Å². The van der Waals surface area contributed by atoms with Crippen molar-refractivity contribution in [3.8, 4) is 5.75 Å². The molecular weight excluding hydrogens is 348 g/mol. The number of sulfone groups is 1. The van der Waals surface area contributed by atoms with Gasteiger partial charge in [-0.1, -0.05) is 18.2 Å². The Morgan fingerprint density at radius 1 is 1.12 bits per heavy atom. The van der Waals surface area contributed by atoms with Crippen LogP contribution in [0, 0.1) is 0 Å². The molecule has 1 unspecified atom stereocenters. The van der Waals surface area contributed by atoms with Gasteiger partial charge in [-0.2, -0.15) is 8.78 Å². The minimum Gasteiger partial charge on any atom is -0.496 e. The van der Waals surface area contributed by atoms with Crippen molar-refractivity contribution in [2.45, 2.75) is 23.0 Å². The SMILES string of the molecule is COc1ccccc1C1CCN(c2ccc(S(=O)(=O)C(F)F)cc2)C1. The largest absolute Gasteiger partial charge is 0.496 e. The van der Waals surface area contributed by atoms with Crippen molar-refractivity contribution in [2.75, 3.05) is 25.1 Å². The van der Waals surface area contributed by atoms with Crippen molar-refractivity contribution in [2.24, 2.45) is 0 Å². The highest BCUT2D eigenvalue weighted by molar-refractivity contribution is 7.91. The van der Waals surface area contributed by atoms with Gasteiger partial charge in [-0.25, -0.2) is 8.42 Å². The molecule has 1 aliphatic rings. The third kappa shape index (κ3) is 3.46. The minimum atomic E-state index is -4.55. The first kappa shape index (κ1) is 17.7. The van der Waals surface area contributed by atoms with Crippen LogP contribution >= 0.6 is 0 Å². The summed E-state index contributed by atoms with van der Waals surface area (Å²) in [4.78, 5) is 1.77. The van der Waals surface area contributed by atoms with Gasteiger partial charge < -0.3 is 9.64 Å². The molecule has 2 aromatic carbocycles. The topological polar surface area (TPSA) is 46.6 Å². The number of methoxy groups -OCH3 is 1. The lowest BCUT2D eigenvalue weighted by Gasteiger charge is -2.20. The van der Waals surface area contributed by atoms with E-state index in [9.17, 15) is 17.2 Å². The van der Waals surface area contributed by atoms with Crippen LogP contribution in [0.1, 0.15) is 17.9 Å². The summed E-state index contributed by atoms with van der Waals surface area (Å²) in [7, 11) is -2.90. The van der Waals surface area contributed by atoms with Gasteiger partial charge in [-0.3, -0.25) is 0 Å². The molecule has 1 atom stereocenters. The van der Waals surface area contributed by atoms with Crippen LogP contribution in [0.3, 0.4) is 0 Å². The Morgan fingerprint density at radius 2 is 1.80 bits per heavy atom.